The van der Waals surface area contributed by atoms with Gasteiger partial charge in [-0.3, -0.25) is 9.78 Å². The minimum absolute atomic E-state index is 0.0122. The maximum atomic E-state index is 12.6. The molecule has 2 N–H and O–H groups in total. The Morgan fingerprint density at radius 1 is 0.880 bits per heavy atom. The third-order valence-electron chi connectivity index (χ3n) is 3.94. The first-order valence-electron chi connectivity index (χ1n) is 7.65. The normalized spacial score (nSPS) is 10.9. The Balaban J connectivity index is 2.12. The second-order valence-corrected chi connectivity index (χ2v) is 5.55. The summed E-state index contributed by atoms with van der Waals surface area (Å²) in [6, 6.07) is 16.8. The van der Waals surface area contributed by atoms with Gasteiger partial charge in [0.05, 0.1) is 11.3 Å². The Labute approximate surface area is 142 Å². The van der Waals surface area contributed by atoms with Crippen molar-refractivity contribution in [2.45, 2.75) is 0 Å². The van der Waals surface area contributed by atoms with Crippen LogP contribution in [-0.2, 0) is 0 Å². The molecule has 4 aromatic rings. The van der Waals surface area contributed by atoms with E-state index in [9.17, 15) is 15.0 Å². The minimum atomic E-state index is -0.394. The summed E-state index contributed by atoms with van der Waals surface area (Å²) in [7, 11) is 0. The van der Waals surface area contributed by atoms with Crippen LogP contribution in [0.15, 0.2) is 76.1 Å². The van der Waals surface area contributed by atoms with Crippen LogP contribution >= 0.6 is 0 Å². The number of phenolic OH excluding ortho intramolecular Hbond substituents is 2. The summed E-state index contributed by atoms with van der Waals surface area (Å²) in [5.41, 5.74) is 1.13. The van der Waals surface area contributed by atoms with Crippen LogP contribution in [0.25, 0.3) is 33.6 Å². The summed E-state index contributed by atoms with van der Waals surface area (Å²) in [6.07, 6.45) is 1.58. The standard InChI is InChI=1S/C20H13NO4/c22-14-10-15(23)19-16(24)11-17(12-6-2-1-3-7-12)25-20(19)18(14)13-8-4-5-9-21-13/h1-11,22-23H. The molecular weight excluding hydrogens is 318 g/mol. The first-order chi connectivity index (χ1) is 12.1. The largest absolute Gasteiger partial charge is 0.507 e. The summed E-state index contributed by atoms with van der Waals surface area (Å²) in [6.45, 7) is 0. The minimum Gasteiger partial charge on any atom is -0.507 e. The van der Waals surface area contributed by atoms with Crippen molar-refractivity contribution in [1.29, 1.82) is 0 Å². The van der Waals surface area contributed by atoms with Gasteiger partial charge in [0, 0.05) is 23.9 Å². The van der Waals surface area contributed by atoms with Crippen molar-refractivity contribution in [2.24, 2.45) is 0 Å². The molecule has 122 valence electrons. The van der Waals surface area contributed by atoms with Crippen LogP contribution < -0.4 is 5.43 Å². The third kappa shape index (κ3) is 2.52. The van der Waals surface area contributed by atoms with E-state index >= 15 is 0 Å². The van der Waals surface area contributed by atoms with Gasteiger partial charge in [-0.25, -0.2) is 0 Å². The first kappa shape index (κ1) is 15.0. The Morgan fingerprint density at radius 3 is 2.36 bits per heavy atom. The number of fused-ring (bicyclic) bond motifs is 1. The molecule has 0 amide bonds. The number of rotatable bonds is 2. The molecule has 0 aliphatic carbocycles. The smallest absolute Gasteiger partial charge is 0.197 e. The van der Waals surface area contributed by atoms with E-state index < -0.39 is 5.43 Å². The SMILES string of the molecule is O=c1cc(-c2ccccc2)oc2c(-c3ccccn3)c(O)cc(O)c12. The van der Waals surface area contributed by atoms with Gasteiger partial charge in [0.25, 0.3) is 0 Å². The van der Waals surface area contributed by atoms with E-state index in [1.165, 1.54) is 6.07 Å². The van der Waals surface area contributed by atoms with Gasteiger partial charge in [-0.1, -0.05) is 36.4 Å². The zero-order valence-electron chi connectivity index (χ0n) is 13.0. The molecule has 0 saturated carbocycles. The van der Waals surface area contributed by atoms with Gasteiger partial charge in [-0.05, 0) is 12.1 Å². The highest BCUT2D eigenvalue weighted by atomic mass is 16.3. The van der Waals surface area contributed by atoms with E-state index in [4.69, 9.17) is 4.42 Å². The van der Waals surface area contributed by atoms with Crippen molar-refractivity contribution >= 4 is 11.0 Å². The number of aromatic nitrogens is 1. The maximum Gasteiger partial charge on any atom is 0.197 e. The highest BCUT2D eigenvalue weighted by Crippen LogP contribution is 2.40. The monoisotopic (exact) mass is 331 g/mol. The molecule has 0 fully saturated rings. The molecule has 2 aromatic heterocycles. The van der Waals surface area contributed by atoms with Gasteiger partial charge in [-0.2, -0.15) is 0 Å². The lowest BCUT2D eigenvalue weighted by molar-refractivity contribution is 0.453. The number of hydrogen-bond donors (Lipinski definition) is 2. The van der Waals surface area contributed by atoms with Crippen LogP contribution in [-0.4, -0.2) is 15.2 Å². The molecule has 5 nitrogen and oxygen atoms in total. The molecule has 0 aliphatic heterocycles. The van der Waals surface area contributed by atoms with Gasteiger partial charge in [0.15, 0.2) is 11.0 Å². The second-order valence-electron chi connectivity index (χ2n) is 5.55. The van der Waals surface area contributed by atoms with Crippen LogP contribution in [0, 0.1) is 0 Å². The molecule has 0 unspecified atom stereocenters. The molecular formula is C20H13NO4. The molecule has 0 bridgehead atoms. The fourth-order valence-electron chi connectivity index (χ4n) is 2.81. The average Bonchev–Trinajstić information content (AvgIpc) is 2.62. The molecule has 5 heteroatoms. The van der Waals surface area contributed by atoms with Crippen LogP contribution in [0.2, 0.25) is 0 Å². The predicted octanol–water partition coefficient (Wildman–Crippen LogP) is 3.93. The van der Waals surface area contributed by atoms with E-state index in [-0.39, 0.29) is 28.0 Å². The van der Waals surface area contributed by atoms with Gasteiger partial charge < -0.3 is 14.6 Å². The van der Waals surface area contributed by atoms with Crippen molar-refractivity contribution in [3.8, 4) is 34.1 Å². The summed E-state index contributed by atoms with van der Waals surface area (Å²) in [5.74, 6) is -0.196. The lowest BCUT2D eigenvalue weighted by atomic mass is 10.0. The molecule has 0 atom stereocenters. The first-order valence-corrected chi connectivity index (χ1v) is 7.65. The third-order valence-corrected chi connectivity index (χ3v) is 3.94. The highest BCUT2D eigenvalue weighted by molar-refractivity contribution is 5.98. The van der Waals surface area contributed by atoms with E-state index in [0.717, 1.165) is 11.6 Å². The molecule has 4 rings (SSSR count). The van der Waals surface area contributed by atoms with Crippen LogP contribution in [0.5, 0.6) is 11.5 Å². The van der Waals surface area contributed by atoms with Gasteiger partial charge in [0.2, 0.25) is 0 Å². The zero-order valence-corrected chi connectivity index (χ0v) is 13.0. The maximum absolute atomic E-state index is 12.6. The van der Waals surface area contributed by atoms with Crippen molar-refractivity contribution < 1.29 is 14.6 Å². The average molecular weight is 331 g/mol. The Kier molecular flexibility index (Phi) is 3.47. The number of aromatic hydroxyl groups is 2. The molecule has 0 spiro atoms. The molecule has 2 heterocycles. The predicted molar refractivity (Wildman–Crippen MR) is 94.5 cm³/mol. The van der Waals surface area contributed by atoms with Crippen LogP contribution in [0.1, 0.15) is 0 Å². The lowest BCUT2D eigenvalue weighted by Crippen LogP contribution is -2.02. The zero-order chi connectivity index (χ0) is 17.4. The van der Waals surface area contributed by atoms with E-state index in [2.05, 4.69) is 4.98 Å². The van der Waals surface area contributed by atoms with E-state index in [0.29, 0.717) is 11.5 Å². The summed E-state index contributed by atoms with van der Waals surface area (Å²) in [5, 5.41) is 20.5. The summed E-state index contributed by atoms with van der Waals surface area (Å²) >= 11 is 0. The van der Waals surface area contributed by atoms with Crippen LogP contribution in [0.3, 0.4) is 0 Å². The number of hydrogen-bond acceptors (Lipinski definition) is 5. The van der Waals surface area contributed by atoms with Gasteiger partial charge in [0.1, 0.15) is 22.6 Å². The van der Waals surface area contributed by atoms with Crippen LogP contribution in [0.4, 0.5) is 0 Å². The quantitative estimate of drug-likeness (QED) is 0.581. The number of pyridine rings is 1. The number of benzene rings is 2. The Morgan fingerprint density at radius 2 is 1.64 bits per heavy atom. The van der Waals surface area contributed by atoms with E-state index in [1.54, 1.807) is 24.4 Å². The lowest BCUT2D eigenvalue weighted by Gasteiger charge is -2.10. The Hall–Kier alpha value is -3.60. The molecule has 0 aliphatic rings. The second kappa shape index (κ2) is 5.79. The van der Waals surface area contributed by atoms with Gasteiger partial charge >= 0.3 is 0 Å². The van der Waals surface area contributed by atoms with Gasteiger partial charge in [-0.15, -0.1) is 0 Å². The van der Waals surface area contributed by atoms with Crippen molar-refractivity contribution in [2.75, 3.05) is 0 Å². The fraction of sp³-hybridized carbons (Fsp3) is 0. The Bertz CT molecular complexity index is 1120. The molecule has 2 aromatic carbocycles. The summed E-state index contributed by atoms with van der Waals surface area (Å²) < 4.78 is 5.92. The molecule has 25 heavy (non-hydrogen) atoms. The highest BCUT2D eigenvalue weighted by Gasteiger charge is 2.20. The fourth-order valence-corrected chi connectivity index (χ4v) is 2.81. The van der Waals surface area contributed by atoms with Crippen molar-refractivity contribution in [1.82, 2.24) is 4.98 Å². The van der Waals surface area contributed by atoms with Crippen molar-refractivity contribution in [3.05, 3.63) is 77.1 Å². The number of nitrogens with zero attached hydrogens (tertiary/aromatic N) is 1. The topological polar surface area (TPSA) is 83.6 Å². The van der Waals surface area contributed by atoms with Crippen molar-refractivity contribution in [3.63, 3.8) is 0 Å². The van der Waals surface area contributed by atoms with E-state index in [1.807, 2.05) is 30.3 Å². The summed E-state index contributed by atoms with van der Waals surface area (Å²) in [4.78, 5) is 16.8. The number of phenols is 2. The molecule has 0 saturated heterocycles. The molecule has 0 radical (unpaired) electrons.